The molecule has 88 valence electrons. The molecule has 0 amide bonds. The number of carbonyl (C=O) groups is 1. The van der Waals surface area contributed by atoms with E-state index in [2.05, 4.69) is 0 Å². The predicted octanol–water partition coefficient (Wildman–Crippen LogP) is 2.47. The Kier molecular flexibility index (Phi) is 3.75. The lowest BCUT2D eigenvalue weighted by Crippen LogP contribution is -2.28. The lowest BCUT2D eigenvalue weighted by atomic mass is 9.96. The van der Waals surface area contributed by atoms with Gasteiger partial charge in [0.15, 0.2) is 5.78 Å². The zero-order valence-electron chi connectivity index (χ0n) is 9.42. The molecule has 0 fully saturated rings. The van der Waals surface area contributed by atoms with Crippen LogP contribution in [0, 0.1) is 24.5 Å². The predicted molar refractivity (Wildman–Crippen MR) is 56.3 cm³/mol. The van der Waals surface area contributed by atoms with Crippen molar-refractivity contribution < 1.29 is 18.7 Å². The monoisotopic (exact) mass is 228 g/mol. The topological polar surface area (TPSA) is 37.3 Å². The Morgan fingerprint density at radius 2 is 1.88 bits per heavy atom. The molecule has 4 heteroatoms. The molecule has 0 aliphatic heterocycles. The van der Waals surface area contributed by atoms with Gasteiger partial charge in [0.25, 0.3) is 0 Å². The van der Waals surface area contributed by atoms with Crippen LogP contribution in [0.1, 0.15) is 29.8 Å². The third kappa shape index (κ3) is 2.27. The molecule has 0 aliphatic rings. The molecular formula is C12H14F2O2. The van der Waals surface area contributed by atoms with E-state index >= 15 is 0 Å². The largest absolute Gasteiger partial charge is 0.385 e. The SMILES string of the molecule is Cc1ccc(F)c(C(=O)C(O)C(C)C)c1F. The maximum Gasteiger partial charge on any atom is 0.197 e. The molecule has 0 bridgehead atoms. The molecular weight excluding hydrogens is 214 g/mol. The Morgan fingerprint density at radius 3 is 2.38 bits per heavy atom. The highest BCUT2D eigenvalue weighted by Crippen LogP contribution is 2.20. The lowest BCUT2D eigenvalue weighted by Gasteiger charge is -2.14. The number of aryl methyl sites for hydroxylation is 1. The number of halogens is 2. The molecule has 1 N–H and O–H groups in total. The van der Waals surface area contributed by atoms with Gasteiger partial charge in [-0.15, -0.1) is 0 Å². The third-order valence-electron chi connectivity index (χ3n) is 2.43. The van der Waals surface area contributed by atoms with Crippen LogP contribution in [0.25, 0.3) is 0 Å². The Bertz CT molecular complexity index is 414. The number of hydrogen-bond donors (Lipinski definition) is 1. The Balaban J connectivity index is 3.23. The molecule has 1 atom stereocenters. The number of hydrogen-bond acceptors (Lipinski definition) is 2. The molecule has 0 saturated carbocycles. The van der Waals surface area contributed by atoms with Crippen molar-refractivity contribution in [3.63, 3.8) is 0 Å². The van der Waals surface area contributed by atoms with E-state index in [1.165, 1.54) is 13.0 Å². The van der Waals surface area contributed by atoms with Crippen molar-refractivity contribution in [2.75, 3.05) is 0 Å². The minimum Gasteiger partial charge on any atom is -0.385 e. The average Bonchev–Trinajstić information content (AvgIpc) is 2.22. The molecule has 16 heavy (non-hydrogen) atoms. The van der Waals surface area contributed by atoms with Gasteiger partial charge < -0.3 is 5.11 Å². The normalized spacial score (nSPS) is 12.9. The number of ketones is 1. The minimum absolute atomic E-state index is 0.181. The molecule has 0 saturated heterocycles. The first-order valence-corrected chi connectivity index (χ1v) is 5.03. The second-order valence-electron chi connectivity index (χ2n) is 4.11. The highest BCUT2D eigenvalue weighted by molar-refractivity contribution is 6.00. The standard InChI is InChI=1S/C12H14F2O2/c1-6(2)11(15)12(16)9-8(13)5-4-7(3)10(9)14/h4-6,11,15H,1-3H3. The molecule has 0 spiro atoms. The summed E-state index contributed by atoms with van der Waals surface area (Å²) in [5, 5.41) is 9.51. The summed E-state index contributed by atoms with van der Waals surface area (Å²) in [4.78, 5) is 11.6. The van der Waals surface area contributed by atoms with Crippen LogP contribution in [-0.2, 0) is 0 Å². The molecule has 1 unspecified atom stereocenters. The summed E-state index contributed by atoms with van der Waals surface area (Å²) in [6.45, 7) is 4.65. The van der Waals surface area contributed by atoms with E-state index in [9.17, 15) is 18.7 Å². The summed E-state index contributed by atoms with van der Waals surface area (Å²) in [6, 6.07) is 2.28. The second-order valence-corrected chi connectivity index (χ2v) is 4.11. The van der Waals surface area contributed by atoms with Crippen LogP contribution in [0.5, 0.6) is 0 Å². The average molecular weight is 228 g/mol. The zero-order chi connectivity index (χ0) is 12.5. The van der Waals surface area contributed by atoms with E-state index in [0.717, 1.165) is 6.07 Å². The number of aliphatic hydroxyl groups excluding tert-OH is 1. The van der Waals surface area contributed by atoms with Crippen LogP contribution in [0.4, 0.5) is 8.78 Å². The molecule has 1 rings (SSSR count). The number of aliphatic hydroxyl groups is 1. The van der Waals surface area contributed by atoms with Crippen LogP contribution >= 0.6 is 0 Å². The van der Waals surface area contributed by atoms with Gasteiger partial charge in [0.1, 0.15) is 17.7 Å². The summed E-state index contributed by atoms with van der Waals surface area (Å²) in [7, 11) is 0. The maximum atomic E-state index is 13.6. The number of Topliss-reactive ketones (excluding diaryl/α,β-unsaturated/α-hetero) is 1. The first-order valence-electron chi connectivity index (χ1n) is 5.03. The Labute approximate surface area is 92.9 Å². The molecule has 1 aromatic carbocycles. The van der Waals surface area contributed by atoms with Gasteiger partial charge in [-0.1, -0.05) is 19.9 Å². The van der Waals surface area contributed by atoms with Crippen molar-refractivity contribution in [2.45, 2.75) is 26.9 Å². The minimum atomic E-state index is -1.38. The molecule has 0 aliphatic carbocycles. The summed E-state index contributed by atoms with van der Waals surface area (Å²) in [5.74, 6) is -3.13. The highest BCUT2D eigenvalue weighted by Gasteiger charge is 2.27. The third-order valence-corrected chi connectivity index (χ3v) is 2.43. The summed E-state index contributed by atoms with van der Waals surface area (Å²) >= 11 is 0. The number of benzene rings is 1. The van der Waals surface area contributed by atoms with E-state index in [4.69, 9.17) is 0 Å². The molecule has 0 heterocycles. The van der Waals surface area contributed by atoms with Crippen molar-refractivity contribution in [1.29, 1.82) is 0 Å². The van der Waals surface area contributed by atoms with Crippen molar-refractivity contribution in [2.24, 2.45) is 5.92 Å². The van der Waals surface area contributed by atoms with E-state index in [0.29, 0.717) is 0 Å². The quantitative estimate of drug-likeness (QED) is 0.807. The van der Waals surface area contributed by atoms with Gasteiger partial charge in [-0.25, -0.2) is 8.78 Å². The highest BCUT2D eigenvalue weighted by atomic mass is 19.1. The van der Waals surface area contributed by atoms with Crippen LogP contribution in [0.15, 0.2) is 12.1 Å². The fourth-order valence-electron chi connectivity index (χ4n) is 1.33. The van der Waals surface area contributed by atoms with Crippen molar-refractivity contribution in [1.82, 2.24) is 0 Å². The smallest absolute Gasteiger partial charge is 0.197 e. The van der Waals surface area contributed by atoms with E-state index in [-0.39, 0.29) is 11.5 Å². The van der Waals surface area contributed by atoms with Crippen LogP contribution in [-0.4, -0.2) is 17.0 Å². The van der Waals surface area contributed by atoms with E-state index in [1.807, 2.05) is 0 Å². The van der Waals surface area contributed by atoms with Crippen LogP contribution in [0.3, 0.4) is 0 Å². The van der Waals surface area contributed by atoms with Gasteiger partial charge in [-0.3, -0.25) is 4.79 Å². The van der Waals surface area contributed by atoms with E-state index < -0.39 is 29.1 Å². The summed E-state index contributed by atoms with van der Waals surface area (Å²) < 4.78 is 26.9. The van der Waals surface area contributed by atoms with Crippen molar-refractivity contribution in [3.8, 4) is 0 Å². The van der Waals surface area contributed by atoms with Crippen LogP contribution in [0.2, 0.25) is 0 Å². The fourth-order valence-corrected chi connectivity index (χ4v) is 1.33. The van der Waals surface area contributed by atoms with Gasteiger partial charge in [0.05, 0.1) is 5.56 Å². The van der Waals surface area contributed by atoms with Gasteiger partial charge in [0, 0.05) is 0 Å². The maximum absolute atomic E-state index is 13.6. The summed E-state index contributed by atoms with van der Waals surface area (Å²) in [6.07, 6.45) is -1.38. The first-order chi connectivity index (χ1) is 7.36. The second kappa shape index (κ2) is 4.70. The van der Waals surface area contributed by atoms with E-state index in [1.54, 1.807) is 13.8 Å². The van der Waals surface area contributed by atoms with Gasteiger partial charge in [-0.05, 0) is 24.5 Å². The molecule has 2 nitrogen and oxygen atoms in total. The first kappa shape index (κ1) is 12.8. The van der Waals surface area contributed by atoms with Gasteiger partial charge in [0.2, 0.25) is 0 Å². The van der Waals surface area contributed by atoms with Gasteiger partial charge >= 0.3 is 0 Å². The summed E-state index contributed by atoms with van der Waals surface area (Å²) in [5.41, 5.74) is -0.470. The fraction of sp³-hybridized carbons (Fsp3) is 0.417. The van der Waals surface area contributed by atoms with Gasteiger partial charge in [-0.2, -0.15) is 0 Å². The Morgan fingerprint density at radius 1 is 1.31 bits per heavy atom. The Hall–Kier alpha value is -1.29. The number of rotatable bonds is 3. The lowest BCUT2D eigenvalue weighted by molar-refractivity contribution is 0.0638. The zero-order valence-corrected chi connectivity index (χ0v) is 9.42. The van der Waals surface area contributed by atoms with Crippen molar-refractivity contribution >= 4 is 5.78 Å². The van der Waals surface area contributed by atoms with Crippen LogP contribution < -0.4 is 0 Å². The number of carbonyl (C=O) groups excluding carboxylic acids is 1. The molecule has 0 radical (unpaired) electrons. The molecule has 1 aromatic rings. The van der Waals surface area contributed by atoms with Crippen molar-refractivity contribution in [3.05, 3.63) is 34.9 Å². The molecule has 0 aromatic heterocycles.